The first-order valence-corrected chi connectivity index (χ1v) is 11.1. The van der Waals surface area contributed by atoms with Crippen molar-refractivity contribution in [3.63, 3.8) is 0 Å². The Morgan fingerprint density at radius 2 is 1.55 bits per heavy atom. The third-order valence-electron chi connectivity index (χ3n) is 7.39. The average molecular weight is 430 g/mol. The zero-order chi connectivity index (χ0) is 22.2. The first-order chi connectivity index (χ1) is 14.7. The highest BCUT2D eigenvalue weighted by molar-refractivity contribution is 5.91. The molecule has 4 aliphatic rings. The molecule has 4 aliphatic carbocycles. The second kappa shape index (κ2) is 8.49. The third kappa shape index (κ3) is 4.69. The van der Waals surface area contributed by atoms with Crippen LogP contribution in [-0.4, -0.2) is 46.6 Å². The fraction of sp³-hybridized carbons (Fsp3) is 0.609. The highest BCUT2D eigenvalue weighted by Crippen LogP contribution is 2.61. The first-order valence-electron chi connectivity index (χ1n) is 11.1. The minimum absolute atomic E-state index is 0.138. The molecular weight excluding hydrogens is 398 g/mol. The van der Waals surface area contributed by atoms with E-state index >= 15 is 0 Å². The van der Waals surface area contributed by atoms with Crippen molar-refractivity contribution < 1.29 is 24.6 Å². The monoisotopic (exact) mass is 429 g/mol. The summed E-state index contributed by atoms with van der Waals surface area (Å²) < 4.78 is 0. The maximum absolute atomic E-state index is 13.1. The number of aromatic hydroxyl groups is 1. The molecule has 0 aliphatic heterocycles. The molecule has 1 aromatic carbocycles. The van der Waals surface area contributed by atoms with E-state index in [1.165, 1.54) is 31.4 Å². The van der Waals surface area contributed by atoms with Crippen molar-refractivity contribution in [1.82, 2.24) is 10.6 Å². The number of nitrogens with two attached hydrogens (primary N) is 1. The molecule has 1 aromatic rings. The Hall–Kier alpha value is -2.61. The number of phenols is 1. The van der Waals surface area contributed by atoms with Crippen molar-refractivity contribution in [1.29, 1.82) is 0 Å². The van der Waals surface area contributed by atoms with E-state index in [9.17, 15) is 19.5 Å². The normalized spacial score (nSPS) is 30.4. The van der Waals surface area contributed by atoms with Crippen LogP contribution in [0, 0.1) is 23.2 Å². The zero-order valence-electron chi connectivity index (χ0n) is 17.5. The summed E-state index contributed by atoms with van der Waals surface area (Å²) >= 11 is 0. The minimum Gasteiger partial charge on any atom is -0.508 e. The van der Waals surface area contributed by atoms with E-state index in [4.69, 9.17) is 10.8 Å². The standard InChI is InChI=1S/C23H31N3O5/c24-18(8-13-1-3-17(27)4-2-13)21(30)26-20(22(31)25-12-19(28)29)23-9-14-5-15(10-23)7-16(6-14)11-23/h1-4,14-16,18,20,27H,5-12,24H2,(H,25,31)(H,26,30)(H,28,29)/t14?,15?,16?,18-,20+,23?/m0/s1. The van der Waals surface area contributed by atoms with Gasteiger partial charge >= 0.3 is 5.97 Å². The SMILES string of the molecule is N[C@@H](Cc1ccc(O)cc1)C(=O)N[C@H](C(=O)NCC(=O)O)C12CC3CC(CC(C3)C1)C2. The van der Waals surface area contributed by atoms with Gasteiger partial charge in [-0.05, 0) is 80.4 Å². The molecule has 4 saturated carbocycles. The van der Waals surface area contributed by atoms with Gasteiger partial charge in [0.2, 0.25) is 11.8 Å². The van der Waals surface area contributed by atoms with Gasteiger partial charge in [-0.15, -0.1) is 0 Å². The maximum atomic E-state index is 13.1. The lowest BCUT2D eigenvalue weighted by Crippen LogP contribution is -2.63. The summed E-state index contributed by atoms with van der Waals surface area (Å²) in [6, 6.07) is 4.86. The van der Waals surface area contributed by atoms with E-state index in [1.807, 2.05) is 0 Å². The van der Waals surface area contributed by atoms with Gasteiger partial charge < -0.3 is 26.6 Å². The van der Waals surface area contributed by atoms with Crippen molar-refractivity contribution in [2.75, 3.05) is 6.54 Å². The molecule has 8 heteroatoms. The van der Waals surface area contributed by atoms with Gasteiger partial charge in [0.25, 0.3) is 0 Å². The fourth-order valence-corrected chi connectivity index (χ4v) is 6.52. The van der Waals surface area contributed by atoms with E-state index < -0.39 is 36.4 Å². The summed E-state index contributed by atoms with van der Waals surface area (Å²) in [5, 5.41) is 23.8. The summed E-state index contributed by atoms with van der Waals surface area (Å²) in [6.45, 7) is -0.475. The predicted octanol–water partition coefficient (Wildman–Crippen LogP) is 1.16. The summed E-state index contributed by atoms with van der Waals surface area (Å²) in [5.41, 5.74) is 6.63. The molecule has 6 N–H and O–H groups in total. The minimum atomic E-state index is -1.12. The molecule has 4 bridgehead atoms. The summed E-state index contributed by atoms with van der Waals surface area (Å²) in [7, 11) is 0. The molecule has 2 amide bonds. The van der Waals surface area contributed by atoms with Crippen molar-refractivity contribution in [2.24, 2.45) is 28.9 Å². The molecule has 0 saturated heterocycles. The Labute approximate surface area is 181 Å². The number of benzene rings is 1. The van der Waals surface area contributed by atoms with Crippen molar-refractivity contribution in [2.45, 2.75) is 57.0 Å². The van der Waals surface area contributed by atoms with Crippen LogP contribution in [0.4, 0.5) is 0 Å². The number of amides is 2. The molecule has 168 valence electrons. The van der Waals surface area contributed by atoms with Crippen LogP contribution in [0.2, 0.25) is 0 Å². The second-order valence-electron chi connectivity index (χ2n) is 9.81. The van der Waals surface area contributed by atoms with Crippen molar-refractivity contribution in [3.05, 3.63) is 29.8 Å². The second-order valence-corrected chi connectivity index (χ2v) is 9.81. The Balaban J connectivity index is 1.50. The number of aliphatic carboxylic acids is 1. The molecule has 2 atom stereocenters. The van der Waals surface area contributed by atoms with Crippen LogP contribution in [0.5, 0.6) is 5.75 Å². The number of carboxylic acids is 1. The quantitative estimate of drug-likeness (QED) is 0.420. The van der Waals surface area contributed by atoms with Crippen molar-refractivity contribution in [3.8, 4) is 5.75 Å². The molecule has 0 unspecified atom stereocenters. The fourth-order valence-electron chi connectivity index (χ4n) is 6.52. The van der Waals surface area contributed by atoms with E-state index in [0.717, 1.165) is 24.8 Å². The molecule has 0 spiro atoms. The van der Waals surface area contributed by atoms with Crippen LogP contribution < -0.4 is 16.4 Å². The predicted molar refractivity (Wildman–Crippen MR) is 113 cm³/mol. The number of hydrogen-bond donors (Lipinski definition) is 5. The third-order valence-corrected chi connectivity index (χ3v) is 7.39. The molecule has 4 fully saturated rings. The van der Waals surface area contributed by atoms with Crippen LogP contribution in [0.1, 0.15) is 44.1 Å². The van der Waals surface area contributed by atoms with Crippen LogP contribution in [0.3, 0.4) is 0 Å². The number of carbonyl (C=O) groups is 3. The number of rotatable bonds is 8. The van der Waals surface area contributed by atoms with E-state index in [1.54, 1.807) is 12.1 Å². The molecule has 8 nitrogen and oxygen atoms in total. The Morgan fingerprint density at radius 3 is 2.06 bits per heavy atom. The van der Waals surface area contributed by atoms with E-state index in [0.29, 0.717) is 17.8 Å². The average Bonchev–Trinajstić information content (AvgIpc) is 2.70. The van der Waals surface area contributed by atoms with Gasteiger partial charge in [0.15, 0.2) is 0 Å². The van der Waals surface area contributed by atoms with E-state index in [-0.39, 0.29) is 17.6 Å². The van der Waals surface area contributed by atoms with Gasteiger partial charge in [-0.2, -0.15) is 0 Å². The summed E-state index contributed by atoms with van der Waals surface area (Å²) in [4.78, 5) is 37.0. The lowest BCUT2D eigenvalue weighted by atomic mass is 9.47. The summed E-state index contributed by atoms with van der Waals surface area (Å²) in [5.74, 6) is -0.114. The number of phenolic OH excluding ortho intramolecular Hbond substituents is 1. The maximum Gasteiger partial charge on any atom is 0.322 e. The molecule has 0 heterocycles. The van der Waals surface area contributed by atoms with Crippen LogP contribution in [0.25, 0.3) is 0 Å². The van der Waals surface area contributed by atoms with Crippen LogP contribution in [0.15, 0.2) is 24.3 Å². The molecule has 0 radical (unpaired) electrons. The zero-order valence-corrected chi connectivity index (χ0v) is 17.5. The van der Waals surface area contributed by atoms with Gasteiger partial charge in [0, 0.05) is 5.41 Å². The number of nitrogens with one attached hydrogen (secondary N) is 2. The topological polar surface area (TPSA) is 142 Å². The first kappa shape index (κ1) is 21.6. The number of hydrogen-bond acceptors (Lipinski definition) is 5. The smallest absolute Gasteiger partial charge is 0.322 e. The molecule has 31 heavy (non-hydrogen) atoms. The highest BCUT2D eigenvalue weighted by Gasteiger charge is 2.56. The molecule has 5 rings (SSSR count). The van der Waals surface area contributed by atoms with Gasteiger partial charge in [-0.3, -0.25) is 14.4 Å². The highest BCUT2D eigenvalue weighted by atomic mass is 16.4. The van der Waals surface area contributed by atoms with Gasteiger partial charge in [-0.1, -0.05) is 12.1 Å². The van der Waals surface area contributed by atoms with E-state index in [2.05, 4.69) is 10.6 Å². The Bertz CT molecular complexity index is 818. The van der Waals surface area contributed by atoms with Crippen molar-refractivity contribution >= 4 is 17.8 Å². The van der Waals surface area contributed by atoms with Gasteiger partial charge in [0.1, 0.15) is 18.3 Å². The number of carbonyl (C=O) groups excluding carboxylic acids is 2. The van der Waals surface area contributed by atoms with Gasteiger partial charge in [-0.25, -0.2) is 0 Å². The number of carboxylic acid groups (broad SMARTS) is 1. The Morgan fingerprint density at radius 1 is 1.00 bits per heavy atom. The lowest BCUT2D eigenvalue weighted by Gasteiger charge is -2.59. The summed E-state index contributed by atoms with van der Waals surface area (Å²) in [6.07, 6.45) is 6.51. The lowest BCUT2D eigenvalue weighted by molar-refractivity contribution is -0.144. The Kier molecular flexibility index (Phi) is 5.92. The molecule has 0 aromatic heterocycles. The van der Waals surface area contributed by atoms with Crippen LogP contribution >= 0.6 is 0 Å². The van der Waals surface area contributed by atoms with Crippen LogP contribution in [-0.2, 0) is 20.8 Å². The largest absolute Gasteiger partial charge is 0.508 e. The molecular formula is C23H31N3O5. The van der Waals surface area contributed by atoms with Gasteiger partial charge in [0.05, 0.1) is 6.04 Å².